The molecule has 0 spiro atoms. The Balaban J connectivity index is 1.88. The molecule has 0 bridgehead atoms. The number of aromatic nitrogens is 2. The second kappa shape index (κ2) is 9.50. The Labute approximate surface area is 142 Å². The fourth-order valence-corrected chi connectivity index (χ4v) is 2.16. The second-order valence-electron chi connectivity index (χ2n) is 5.43. The van der Waals surface area contributed by atoms with Gasteiger partial charge in [-0.25, -0.2) is 9.97 Å². The predicted molar refractivity (Wildman–Crippen MR) is 94.2 cm³/mol. The number of rotatable bonds is 9. The summed E-state index contributed by atoms with van der Waals surface area (Å²) in [5.41, 5.74) is 1.45. The van der Waals surface area contributed by atoms with E-state index in [4.69, 9.17) is 4.74 Å². The molecule has 6 nitrogen and oxygen atoms in total. The van der Waals surface area contributed by atoms with Crippen molar-refractivity contribution >= 4 is 11.9 Å². The number of hydrogen-bond donors (Lipinski definition) is 2. The van der Waals surface area contributed by atoms with Gasteiger partial charge in [-0.1, -0.05) is 31.9 Å². The van der Waals surface area contributed by atoms with Crippen molar-refractivity contribution in [1.29, 1.82) is 0 Å². The molecule has 0 fully saturated rings. The first-order valence-electron chi connectivity index (χ1n) is 8.21. The number of amides is 1. The zero-order valence-electron chi connectivity index (χ0n) is 14.2. The third-order valence-electron chi connectivity index (χ3n) is 3.56. The van der Waals surface area contributed by atoms with Crippen LogP contribution >= 0.6 is 0 Å². The summed E-state index contributed by atoms with van der Waals surface area (Å²) in [5, 5.41) is 6.00. The van der Waals surface area contributed by atoms with E-state index in [0.717, 1.165) is 30.6 Å². The van der Waals surface area contributed by atoms with Crippen molar-refractivity contribution in [1.82, 2.24) is 15.3 Å². The topological polar surface area (TPSA) is 76.1 Å². The Kier molecular flexibility index (Phi) is 7.01. The standard InChI is InChI=1S/C18H24N4O2/c1-3-4-5-11-19-17(23)16-10-12-20-18(22-16)21-13-14-6-8-15(24-2)9-7-14/h6-10,12H,3-5,11,13H2,1-2H3,(H,19,23)(H,20,21,22). The third-order valence-corrected chi connectivity index (χ3v) is 3.56. The number of nitrogens with one attached hydrogen (secondary N) is 2. The number of anilines is 1. The highest BCUT2D eigenvalue weighted by Gasteiger charge is 2.08. The number of hydrogen-bond acceptors (Lipinski definition) is 5. The Morgan fingerprint density at radius 2 is 1.96 bits per heavy atom. The van der Waals surface area contributed by atoms with Crippen LogP contribution in [-0.4, -0.2) is 29.5 Å². The minimum Gasteiger partial charge on any atom is -0.497 e. The summed E-state index contributed by atoms with van der Waals surface area (Å²) in [6, 6.07) is 9.36. The zero-order valence-corrected chi connectivity index (χ0v) is 14.2. The van der Waals surface area contributed by atoms with Gasteiger partial charge in [-0.3, -0.25) is 4.79 Å². The molecule has 0 aliphatic rings. The van der Waals surface area contributed by atoms with Crippen LogP contribution < -0.4 is 15.4 Å². The van der Waals surface area contributed by atoms with Gasteiger partial charge in [0.25, 0.3) is 5.91 Å². The normalized spacial score (nSPS) is 10.2. The third kappa shape index (κ3) is 5.53. The molecule has 24 heavy (non-hydrogen) atoms. The first-order chi connectivity index (χ1) is 11.7. The molecule has 0 radical (unpaired) electrons. The summed E-state index contributed by atoms with van der Waals surface area (Å²) < 4.78 is 5.13. The highest BCUT2D eigenvalue weighted by molar-refractivity contribution is 5.92. The molecule has 1 aromatic carbocycles. The van der Waals surface area contributed by atoms with Crippen LogP contribution in [0.4, 0.5) is 5.95 Å². The highest BCUT2D eigenvalue weighted by atomic mass is 16.5. The van der Waals surface area contributed by atoms with Gasteiger partial charge in [0.1, 0.15) is 11.4 Å². The Hall–Kier alpha value is -2.63. The van der Waals surface area contributed by atoms with Gasteiger partial charge in [-0.05, 0) is 30.2 Å². The van der Waals surface area contributed by atoms with Crippen LogP contribution in [0, 0.1) is 0 Å². The van der Waals surface area contributed by atoms with Gasteiger partial charge >= 0.3 is 0 Å². The maximum Gasteiger partial charge on any atom is 0.270 e. The van der Waals surface area contributed by atoms with Gasteiger partial charge in [0, 0.05) is 19.3 Å². The number of unbranched alkanes of at least 4 members (excludes halogenated alkanes) is 2. The van der Waals surface area contributed by atoms with Crippen molar-refractivity contribution in [3.05, 3.63) is 47.8 Å². The fraction of sp³-hybridized carbons (Fsp3) is 0.389. The van der Waals surface area contributed by atoms with Crippen molar-refractivity contribution in [2.24, 2.45) is 0 Å². The largest absolute Gasteiger partial charge is 0.497 e. The summed E-state index contributed by atoms with van der Waals surface area (Å²) in [4.78, 5) is 20.5. The lowest BCUT2D eigenvalue weighted by atomic mass is 10.2. The van der Waals surface area contributed by atoms with Crippen molar-refractivity contribution in [3.63, 3.8) is 0 Å². The molecule has 1 amide bonds. The summed E-state index contributed by atoms with van der Waals surface area (Å²) in [6.07, 6.45) is 4.81. The quantitative estimate of drug-likeness (QED) is 0.692. The van der Waals surface area contributed by atoms with Crippen LogP contribution in [0.1, 0.15) is 42.2 Å². The van der Waals surface area contributed by atoms with Gasteiger partial charge in [0.2, 0.25) is 5.95 Å². The molecule has 2 N–H and O–H groups in total. The van der Waals surface area contributed by atoms with E-state index in [2.05, 4.69) is 27.5 Å². The summed E-state index contributed by atoms with van der Waals surface area (Å²) in [5.74, 6) is 1.09. The molecule has 1 heterocycles. The zero-order chi connectivity index (χ0) is 17.2. The minimum absolute atomic E-state index is 0.166. The van der Waals surface area contributed by atoms with Gasteiger partial charge in [-0.15, -0.1) is 0 Å². The van der Waals surface area contributed by atoms with Crippen LogP contribution in [0.3, 0.4) is 0 Å². The van der Waals surface area contributed by atoms with E-state index in [9.17, 15) is 4.79 Å². The highest BCUT2D eigenvalue weighted by Crippen LogP contribution is 2.12. The van der Waals surface area contributed by atoms with Crippen molar-refractivity contribution in [2.45, 2.75) is 32.7 Å². The first-order valence-corrected chi connectivity index (χ1v) is 8.21. The molecular formula is C18H24N4O2. The van der Waals surface area contributed by atoms with Crippen LogP contribution in [-0.2, 0) is 6.54 Å². The number of nitrogens with zero attached hydrogens (tertiary/aromatic N) is 2. The Bertz CT molecular complexity index is 644. The number of benzene rings is 1. The maximum absolute atomic E-state index is 12.1. The van der Waals surface area contributed by atoms with Gasteiger partial charge in [0.05, 0.1) is 7.11 Å². The monoisotopic (exact) mass is 328 g/mol. The summed E-state index contributed by atoms with van der Waals surface area (Å²) in [6.45, 7) is 3.38. The van der Waals surface area contributed by atoms with E-state index in [1.54, 1.807) is 19.4 Å². The number of methoxy groups -OCH3 is 1. The fourth-order valence-electron chi connectivity index (χ4n) is 2.16. The first kappa shape index (κ1) is 17.7. The molecule has 0 aliphatic heterocycles. The average molecular weight is 328 g/mol. The van der Waals surface area contributed by atoms with Crippen molar-refractivity contribution in [3.8, 4) is 5.75 Å². The number of carbonyl (C=O) groups is 1. The molecule has 0 atom stereocenters. The molecule has 6 heteroatoms. The van der Waals surface area contributed by atoms with Crippen LogP contribution in [0.15, 0.2) is 36.5 Å². The smallest absolute Gasteiger partial charge is 0.270 e. The van der Waals surface area contributed by atoms with Crippen molar-refractivity contribution < 1.29 is 9.53 Å². The number of carbonyl (C=O) groups excluding carboxylic acids is 1. The molecule has 2 rings (SSSR count). The molecule has 1 aromatic heterocycles. The van der Waals surface area contributed by atoms with E-state index < -0.39 is 0 Å². The number of ether oxygens (including phenoxy) is 1. The van der Waals surface area contributed by atoms with E-state index in [1.165, 1.54) is 0 Å². The predicted octanol–water partition coefficient (Wildman–Crippen LogP) is 3.02. The van der Waals surface area contributed by atoms with Gasteiger partial charge < -0.3 is 15.4 Å². The lowest BCUT2D eigenvalue weighted by Gasteiger charge is -2.08. The maximum atomic E-state index is 12.1. The Morgan fingerprint density at radius 1 is 1.17 bits per heavy atom. The lowest BCUT2D eigenvalue weighted by Crippen LogP contribution is -2.25. The molecule has 0 aliphatic carbocycles. The minimum atomic E-state index is -0.166. The van der Waals surface area contributed by atoms with Crippen LogP contribution in [0.25, 0.3) is 0 Å². The molecule has 0 unspecified atom stereocenters. The molecule has 2 aromatic rings. The van der Waals surface area contributed by atoms with Crippen molar-refractivity contribution in [2.75, 3.05) is 19.0 Å². The van der Waals surface area contributed by atoms with Gasteiger partial charge in [0.15, 0.2) is 0 Å². The summed E-state index contributed by atoms with van der Waals surface area (Å²) >= 11 is 0. The van der Waals surface area contributed by atoms with Gasteiger partial charge in [-0.2, -0.15) is 0 Å². The molecule has 0 saturated carbocycles. The lowest BCUT2D eigenvalue weighted by molar-refractivity contribution is 0.0948. The average Bonchev–Trinajstić information content (AvgIpc) is 2.64. The second-order valence-corrected chi connectivity index (χ2v) is 5.43. The van der Waals surface area contributed by atoms with E-state index in [1.807, 2.05) is 24.3 Å². The SMILES string of the molecule is CCCCCNC(=O)c1ccnc(NCc2ccc(OC)cc2)n1. The van der Waals surface area contributed by atoms with E-state index >= 15 is 0 Å². The molecule has 128 valence electrons. The Morgan fingerprint density at radius 3 is 2.67 bits per heavy atom. The molecular weight excluding hydrogens is 304 g/mol. The van der Waals surface area contributed by atoms with Crippen LogP contribution in [0.5, 0.6) is 5.75 Å². The van der Waals surface area contributed by atoms with E-state index in [-0.39, 0.29) is 5.91 Å². The molecule has 0 saturated heterocycles. The van der Waals surface area contributed by atoms with Crippen LogP contribution in [0.2, 0.25) is 0 Å². The van der Waals surface area contributed by atoms with E-state index in [0.29, 0.717) is 24.7 Å². The summed E-state index contributed by atoms with van der Waals surface area (Å²) in [7, 11) is 1.64.